The summed E-state index contributed by atoms with van der Waals surface area (Å²) in [6.45, 7) is 7.09. The Bertz CT molecular complexity index is 952. The van der Waals surface area contributed by atoms with E-state index in [1.807, 2.05) is 32.9 Å². The van der Waals surface area contributed by atoms with Crippen molar-refractivity contribution >= 4 is 27.8 Å². The van der Waals surface area contributed by atoms with Gasteiger partial charge in [-0.2, -0.15) is 0 Å². The smallest absolute Gasteiger partial charge is 0.253 e. The molecule has 2 aromatic carbocycles. The Morgan fingerprint density at radius 3 is 2.52 bits per heavy atom. The van der Waals surface area contributed by atoms with Crippen LogP contribution in [-0.4, -0.2) is 23.9 Å². The summed E-state index contributed by atoms with van der Waals surface area (Å²) < 4.78 is 5.92. The van der Waals surface area contributed by atoms with Crippen molar-refractivity contribution in [3.05, 3.63) is 57.7 Å². The summed E-state index contributed by atoms with van der Waals surface area (Å²) in [6.07, 6.45) is 0. The molecule has 0 aliphatic rings. The third kappa shape index (κ3) is 2.50. The first-order valence-corrected chi connectivity index (χ1v) is 7.82. The van der Waals surface area contributed by atoms with Gasteiger partial charge in [0.2, 0.25) is 5.43 Å². The highest BCUT2D eigenvalue weighted by atomic mass is 16.3. The lowest BCUT2D eigenvalue weighted by molar-refractivity contribution is 0.0773. The average Bonchev–Trinajstić information content (AvgIpc) is 2.56. The second kappa shape index (κ2) is 5.88. The first kappa shape index (κ1) is 15.3. The van der Waals surface area contributed by atoms with Crippen LogP contribution in [0.3, 0.4) is 0 Å². The number of hydrogen-bond acceptors (Lipinski definition) is 3. The van der Waals surface area contributed by atoms with E-state index in [1.165, 1.54) is 0 Å². The van der Waals surface area contributed by atoms with Gasteiger partial charge in [0.25, 0.3) is 5.91 Å². The van der Waals surface area contributed by atoms with Crippen LogP contribution in [0.25, 0.3) is 21.9 Å². The van der Waals surface area contributed by atoms with Crippen LogP contribution >= 0.6 is 0 Å². The third-order valence-corrected chi connectivity index (χ3v) is 4.19. The van der Waals surface area contributed by atoms with E-state index in [0.29, 0.717) is 40.6 Å². The van der Waals surface area contributed by atoms with E-state index in [1.54, 1.807) is 29.2 Å². The normalized spacial score (nSPS) is 11.1. The molecule has 0 radical (unpaired) electrons. The van der Waals surface area contributed by atoms with Crippen molar-refractivity contribution in [3.8, 4) is 0 Å². The largest absolute Gasteiger partial charge is 0.456 e. The molecule has 0 aliphatic carbocycles. The maximum atomic E-state index is 12.6. The van der Waals surface area contributed by atoms with Gasteiger partial charge in [-0.15, -0.1) is 0 Å². The minimum absolute atomic E-state index is 0.0515. The molecule has 0 unspecified atom stereocenters. The van der Waals surface area contributed by atoms with Gasteiger partial charge in [0.15, 0.2) is 0 Å². The lowest BCUT2D eigenvalue weighted by Gasteiger charge is -2.18. The van der Waals surface area contributed by atoms with Crippen LogP contribution in [0.5, 0.6) is 0 Å². The van der Waals surface area contributed by atoms with Crippen LogP contribution in [-0.2, 0) is 0 Å². The van der Waals surface area contributed by atoms with Crippen LogP contribution in [0.15, 0.2) is 45.6 Å². The van der Waals surface area contributed by atoms with Crippen molar-refractivity contribution in [2.45, 2.75) is 20.8 Å². The molecular weight excluding hydrogens is 290 g/mol. The number of para-hydroxylation sites is 1. The monoisotopic (exact) mass is 309 g/mol. The van der Waals surface area contributed by atoms with Gasteiger partial charge < -0.3 is 9.32 Å². The summed E-state index contributed by atoms with van der Waals surface area (Å²) in [7, 11) is 0. The fourth-order valence-corrected chi connectivity index (χ4v) is 2.84. The molecule has 4 heteroatoms. The standard InChI is InChI=1S/C19H19NO3/c1-4-20(5-2)19(22)13-9-10-14-16(11-13)23-18-12(3)7-6-8-15(18)17(14)21/h6-11H,4-5H2,1-3H3. The number of carbonyl (C=O) groups is 1. The number of nitrogens with zero attached hydrogens (tertiary/aromatic N) is 1. The molecule has 0 bridgehead atoms. The maximum Gasteiger partial charge on any atom is 0.253 e. The van der Waals surface area contributed by atoms with Crippen LogP contribution in [0, 0.1) is 6.92 Å². The molecule has 0 fully saturated rings. The number of hydrogen-bond donors (Lipinski definition) is 0. The Hall–Kier alpha value is -2.62. The Balaban J connectivity index is 2.24. The number of aryl methyl sites for hydroxylation is 1. The minimum atomic E-state index is -0.0632. The zero-order valence-electron chi connectivity index (χ0n) is 13.6. The van der Waals surface area contributed by atoms with Crippen LogP contribution < -0.4 is 5.43 Å². The molecule has 4 nitrogen and oxygen atoms in total. The first-order valence-electron chi connectivity index (χ1n) is 7.82. The summed E-state index contributed by atoms with van der Waals surface area (Å²) in [5, 5.41) is 1.07. The second-order valence-electron chi connectivity index (χ2n) is 5.57. The van der Waals surface area contributed by atoms with Gasteiger partial charge in [0.05, 0.1) is 10.8 Å². The molecule has 0 aliphatic heterocycles. The number of amides is 1. The predicted octanol–water partition coefficient (Wildman–Crippen LogP) is 3.74. The SMILES string of the molecule is CCN(CC)C(=O)c1ccc2c(=O)c3cccc(C)c3oc2c1. The van der Waals surface area contributed by atoms with Gasteiger partial charge >= 0.3 is 0 Å². The third-order valence-electron chi connectivity index (χ3n) is 4.19. The summed E-state index contributed by atoms with van der Waals surface area (Å²) >= 11 is 0. The highest BCUT2D eigenvalue weighted by Gasteiger charge is 2.15. The van der Waals surface area contributed by atoms with Crippen molar-refractivity contribution in [1.82, 2.24) is 4.90 Å². The van der Waals surface area contributed by atoms with E-state index in [4.69, 9.17) is 4.42 Å². The topological polar surface area (TPSA) is 50.5 Å². The average molecular weight is 309 g/mol. The summed E-state index contributed by atoms with van der Waals surface area (Å²) in [5.74, 6) is -0.0515. The van der Waals surface area contributed by atoms with E-state index in [2.05, 4.69) is 0 Å². The van der Waals surface area contributed by atoms with Crippen molar-refractivity contribution in [2.24, 2.45) is 0 Å². The molecule has 3 aromatic rings. The molecular formula is C19H19NO3. The highest BCUT2D eigenvalue weighted by Crippen LogP contribution is 2.22. The zero-order valence-corrected chi connectivity index (χ0v) is 13.6. The van der Waals surface area contributed by atoms with Gasteiger partial charge in [-0.3, -0.25) is 9.59 Å². The van der Waals surface area contributed by atoms with Crippen molar-refractivity contribution in [3.63, 3.8) is 0 Å². The molecule has 3 rings (SSSR count). The number of rotatable bonds is 3. The van der Waals surface area contributed by atoms with Crippen molar-refractivity contribution < 1.29 is 9.21 Å². The molecule has 118 valence electrons. The molecule has 23 heavy (non-hydrogen) atoms. The Kier molecular flexibility index (Phi) is 3.90. The van der Waals surface area contributed by atoms with Crippen LogP contribution in [0.2, 0.25) is 0 Å². The lowest BCUT2D eigenvalue weighted by atomic mass is 10.1. The Labute approximate surface area is 134 Å². The molecule has 0 atom stereocenters. The number of benzene rings is 2. The maximum absolute atomic E-state index is 12.6. The van der Waals surface area contributed by atoms with E-state index in [9.17, 15) is 9.59 Å². The lowest BCUT2D eigenvalue weighted by Crippen LogP contribution is -2.30. The first-order chi connectivity index (χ1) is 11.1. The van der Waals surface area contributed by atoms with Gasteiger partial charge in [0, 0.05) is 18.7 Å². The molecule has 0 saturated heterocycles. The Morgan fingerprint density at radius 2 is 1.83 bits per heavy atom. The highest BCUT2D eigenvalue weighted by molar-refractivity contribution is 5.99. The van der Waals surface area contributed by atoms with E-state index >= 15 is 0 Å². The fourth-order valence-electron chi connectivity index (χ4n) is 2.84. The van der Waals surface area contributed by atoms with Gasteiger partial charge in [-0.1, -0.05) is 12.1 Å². The molecule has 1 heterocycles. The second-order valence-corrected chi connectivity index (χ2v) is 5.57. The number of carbonyl (C=O) groups excluding carboxylic acids is 1. The van der Waals surface area contributed by atoms with Crippen LogP contribution in [0.4, 0.5) is 0 Å². The molecule has 0 spiro atoms. The van der Waals surface area contributed by atoms with E-state index < -0.39 is 0 Å². The van der Waals surface area contributed by atoms with E-state index in [-0.39, 0.29) is 11.3 Å². The summed E-state index contributed by atoms with van der Waals surface area (Å²) in [4.78, 5) is 26.8. The molecule has 0 N–H and O–H groups in total. The molecule has 0 saturated carbocycles. The van der Waals surface area contributed by atoms with Crippen molar-refractivity contribution in [1.29, 1.82) is 0 Å². The molecule has 1 aromatic heterocycles. The minimum Gasteiger partial charge on any atom is -0.456 e. The fraction of sp³-hybridized carbons (Fsp3) is 0.263. The quantitative estimate of drug-likeness (QED) is 0.693. The van der Waals surface area contributed by atoms with E-state index in [0.717, 1.165) is 5.56 Å². The number of fused-ring (bicyclic) bond motifs is 2. The Morgan fingerprint density at radius 1 is 1.09 bits per heavy atom. The van der Waals surface area contributed by atoms with Gasteiger partial charge in [-0.05, 0) is 50.6 Å². The van der Waals surface area contributed by atoms with Gasteiger partial charge in [0.1, 0.15) is 11.2 Å². The summed E-state index contributed by atoms with van der Waals surface area (Å²) in [5.41, 5.74) is 2.42. The predicted molar refractivity (Wildman–Crippen MR) is 92.0 cm³/mol. The van der Waals surface area contributed by atoms with Crippen molar-refractivity contribution in [2.75, 3.05) is 13.1 Å². The van der Waals surface area contributed by atoms with Gasteiger partial charge in [-0.25, -0.2) is 0 Å². The zero-order chi connectivity index (χ0) is 16.6. The van der Waals surface area contributed by atoms with Crippen LogP contribution in [0.1, 0.15) is 29.8 Å². The molecule has 1 amide bonds. The summed E-state index contributed by atoms with van der Waals surface area (Å²) in [6, 6.07) is 10.6.